The zero-order valence-electron chi connectivity index (χ0n) is 18.4. The highest BCUT2D eigenvalue weighted by Gasteiger charge is 2.35. The molecule has 0 heterocycles. The molecular formula is C22H37NO7. The number of nitrogens with one attached hydrogen (secondary N) is 1. The van der Waals surface area contributed by atoms with Crippen molar-refractivity contribution < 1.29 is 34.1 Å². The van der Waals surface area contributed by atoms with Crippen molar-refractivity contribution in [3.05, 3.63) is 12.2 Å². The van der Waals surface area contributed by atoms with Crippen LogP contribution in [0.5, 0.6) is 0 Å². The third-order valence-electron chi connectivity index (χ3n) is 5.57. The van der Waals surface area contributed by atoms with E-state index >= 15 is 0 Å². The minimum Gasteiger partial charge on any atom is -0.481 e. The Bertz CT molecular complexity index is 568. The molecule has 3 N–H and O–H groups in total. The molecule has 0 aromatic carbocycles. The molecule has 0 saturated carbocycles. The highest BCUT2D eigenvalue weighted by molar-refractivity contribution is 5.82. The Labute approximate surface area is 179 Å². The number of amides is 1. The maximum absolute atomic E-state index is 13.1. The van der Waals surface area contributed by atoms with Crippen molar-refractivity contribution in [2.45, 2.75) is 65.3 Å². The molecule has 0 spiro atoms. The van der Waals surface area contributed by atoms with E-state index in [0.717, 1.165) is 25.7 Å². The van der Waals surface area contributed by atoms with Crippen LogP contribution in [0.4, 0.5) is 0 Å². The molecule has 30 heavy (non-hydrogen) atoms. The average Bonchev–Trinajstić information content (AvgIpc) is 2.64. The number of carboxylic acid groups (broad SMARTS) is 2. The first-order valence-electron chi connectivity index (χ1n) is 10.7. The Kier molecular flexibility index (Phi) is 11.7. The van der Waals surface area contributed by atoms with Gasteiger partial charge in [-0.05, 0) is 37.5 Å². The number of rotatable bonds is 13. The molecule has 0 bridgehead atoms. The van der Waals surface area contributed by atoms with Gasteiger partial charge in [-0.25, -0.2) is 0 Å². The summed E-state index contributed by atoms with van der Waals surface area (Å²) in [5.41, 5.74) is -0.516. The molecule has 2 unspecified atom stereocenters. The first-order chi connectivity index (χ1) is 14.1. The van der Waals surface area contributed by atoms with Crippen molar-refractivity contribution in [2.75, 3.05) is 26.4 Å². The first-order valence-corrected chi connectivity index (χ1v) is 10.7. The molecule has 8 nitrogen and oxygen atoms in total. The van der Waals surface area contributed by atoms with Gasteiger partial charge in [0.1, 0.15) is 0 Å². The third kappa shape index (κ3) is 10.2. The molecule has 1 aliphatic carbocycles. The van der Waals surface area contributed by atoms with Gasteiger partial charge in [-0.2, -0.15) is 0 Å². The van der Waals surface area contributed by atoms with Gasteiger partial charge in [0.2, 0.25) is 5.91 Å². The van der Waals surface area contributed by atoms with Crippen LogP contribution in [-0.4, -0.2) is 60.5 Å². The average molecular weight is 428 g/mol. The molecule has 0 aromatic rings. The second-order valence-electron chi connectivity index (χ2n) is 8.58. The van der Waals surface area contributed by atoms with Crippen LogP contribution in [0.1, 0.15) is 59.3 Å². The number of carboxylic acids is 2. The summed E-state index contributed by atoms with van der Waals surface area (Å²) in [5.74, 6) is -1.02. The Morgan fingerprint density at radius 3 is 2.13 bits per heavy atom. The molecule has 1 amide bonds. The number of hydrogen-bond acceptors (Lipinski definition) is 5. The van der Waals surface area contributed by atoms with Crippen molar-refractivity contribution >= 4 is 17.8 Å². The van der Waals surface area contributed by atoms with Crippen LogP contribution in [0.3, 0.4) is 0 Å². The second-order valence-corrected chi connectivity index (χ2v) is 8.58. The van der Waals surface area contributed by atoms with Crippen LogP contribution in [0.25, 0.3) is 0 Å². The van der Waals surface area contributed by atoms with Crippen LogP contribution in [0, 0.1) is 17.3 Å². The molecule has 1 rings (SSSR count). The van der Waals surface area contributed by atoms with E-state index in [2.05, 4.69) is 31.3 Å². The molecule has 0 radical (unpaired) electrons. The van der Waals surface area contributed by atoms with Crippen molar-refractivity contribution in [1.82, 2.24) is 5.32 Å². The van der Waals surface area contributed by atoms with E-state index in [1.54, 1.807) is 0 Å². The van der Waals surface area contributed by atoms with Crippen LogP contribution in [-0.2, 0) is 23.9 Å². The minimum absolute atomic E-state index is 0.0367. The van der Waals surface area contributed by atoms with Gasteiger partial charge in [0.15, 0.2) is 0 Å². The first kappa shape index (κ1) is 26.1. The number of ether oxygens (including phenoxy) is 2. The van der Waals surface area contributed by atoms with Gasteiger partial charge in [0, 0.05) is 5.41 Å². The minimum atomic E-state index is -0.955. The maximum Gasteiger partial charge on any atom is 0.305 e. The van der Waals surface area contributed by atoms with Crippen molar-refractivity contribution in [3.63, 3.8) is 0 Å². The second kappa shape index (κ2) is 13.4. The quantitative estimate of drug-likeness (QED) is 0.305. The van der Waals surface area contributed by atoms with Gasteiger partial charge in [0.25, 0.3) is 0 Å². The van der Waals surface area contributed by atoms with Gasteiger partial charge in [-0.1, -0.05) is 32.9 Å². The number of allylic oxidation sites excluding steroid dienone is 2. The molecule has 172 valence electrons. The summed E-state index contributed by atoms with van der Waals surface area (Å²) in [6.45, 7) is 6.64. The van der Waals surface area contributed by atoms with E-state index in [4.69, 9.17) is 19.7 Å². The molecule has 1 aliphatic rings. The number of hydrogen-bond donors (Lipinski definition) is 3. The monoisotopic (exact) mass is 427 g/mol. The van der Waals surface area contributed by atoms with E-state index in [1.165, 1.54) is 0 Å². The standard InChI is InChI=1S/C22H37NO7/c1-16(2)17-6-4-5-10-22(3,11-7-17)21(28)23-18(14-29-12-8-19(24)25)15-30-13-9-20(26)27/h4,6,16-18H,5,7-15H2,1-3H3,(H,23,28)(H,24,25)(H,26,27)/b6-4+. The predicted octanol–water partition coefficient (Wildman–Crippen LogP) is 2.86. The van der Waals surface area contributed by atoms with Crippen LogP contribution in [0.15, 0.2) is 12.2 Å². The van der Waals surface area contributed by atoms with Crippen LogP contribution in [0.2, 0.25) is 0 Å². The number of aliphatic carboxylic acids is 2. The summed E-state index contributed by atoms with van der Waals surface area (Å²) in [6.07, 6.45) is 7.47. The Morgan fingerprint density at radius 1 is 1.07 bits per heavy atom. The smallest absolute Gasteiger partial charge is 0.305 e. The summed E-state index contributed by atoms with van der Waals surface area (Å²) in [5, 5.41) is 20.4. The summed E-state index contributed by atoms with van der Waals surface area (Å²) in [6, 6.07) is -0.473. The largest absolute Gasteiger partial charge is 0.481 e. The fourth-order valence-electron chi connectivity index (χ4n) is 3.42. The highest BCUT2D eigenvalue weighted by atomic mass is 16.5. The highest BCUT2D eigenvalue weighted by Crippen LogP contribution is 2.35. The Hall–Kier alpha value is -1.93. The number of carbonyl (C=O) groups is 3. The fourth-order valence-corrected chi connectivity index (χ4v) is 3.42. The van der Waals surface area contributed by atoms with Crippen molar-refractivity contribution in [3.8, 4) is 0 Å². The summed E-state index contributed by atoms with van der Waals surface area (Å²) in [4.78, 5) is 34.4. The number of carbonyl (C=O) groups excluding carboxylic acids is 1. The fraction of sp³-hybridized carbons (Fsp3) is 0.773. The SMILES string of the molecule is CC(C)C1/C=C/CCC(C)(C(=O)NC(COCCC(=O)O)COCCC(=O)O)CC1. The Balaban J connectivity index is 2.68. The molecule has 2 atom stereocenters. The Morgan fingerprint density at radius 2 is 1.63 bits per heavy atom. The van der Waals surface area contributed by atoms with E-state index < -0.39 is 23.4 Å². The molecule has 0 aromatic heterocycles. The van der Waals surface area contributed by atoms with Gasteiger partial charge >= 0.3 is 11.9 Å². The lowest BCUT2D eigenvalue weighted by Crippen LogP contribution is -2.48. The predicted molar refractivity (Wildman–Crippen MR) is 112 cm³/mol. The molecule has 0 aliphatic heterocycles. The maximum atomic E-state index is 13.1. The van der Waals surface area contributed by atoms with Crippen LogP contribution >= 0.6 is 0 Å². The lowest BCUT2D eigenvalue weighted by Gasteiger charge is -2.33. The van der Waals surface area contributed by atoms with Gasteiger partial charge in [-0.3, -0.25) is 14.4 Å². The van der Waals surface area contributed by atoms with Gasteiger partial charge in [0.05, 0.1) is 45.3 Å². The van der Waals surface area contributed by atoms with E-state index in [9.17, 15) is 14.4 Å². The van der Waals surface area contributed by atoms with E-state index in [-0.39, 0.29) is 45.2 Å². The lowest BCUT2D eigenvalue weighted by molar-refractivity contribution is -0.139. The summed E-state index contributed by atoms with van der Waals surface area (Å²) in [7, 11) is 0. The zero-order chi connectivity index (χ0) is 22.6. The van der Waals surface area contributed by atoms with Gasteiger partial charge in [-0.15, -0.1) is 0 Å². The van der Waals surface area contributed by atoms with Crippen molar-refractivity contribution in [1.29, 1.82) is 0 Å². The molecule has 0 fully saturated rings. The molecule has 8 heteroatoms. The zero-order valence-corrected chi connectivity index (χ0v) is 18.4. The van der Waals surface area contributed by atoms with E-state index in [0.29, 0.717) is 11.8 Å². The molecular weight excluding hydrogens is 390 g/mol. The van der Waals surface area contributed by atoms with E-state index in [1.807, 2.05) is 6.92 Å². The van der Waals surface area contributed by atoms with Crippen molar-refractivity contribution in [2.24, 2.45) is 17.3 Å². The summed E-state index contributed by atoms with van der Waals surface area (Å²) >= 11 is 0. The van der Waals surface area contributed by atoms with Gasteiger partial charge < -0.3 is 25.0 Å². The summed E-state index contributed by atoms with van der Waals surface area (Å²) < 4.78 is 10.8. The lowest BCUT2D eigenvalue weighted by atomic mass is 9.74. The normalized spacial score (nSPS) is 23.0. The topological polar surface area (TPSA) is 122 Å². The third-order valence-corrected chi connectivity index (χ3v) is 5.57. The molecule has 0 saturated heterocycles. The van der Waals surface area contributed by atoms with Crippen LogP contribution < -0.4 is 5.32 Å².